The predicted octanol–water partition coefficient (Wildman–Crippen LogP) is 3.37. The number of hydrogen-bond acceptors (Lipinski definition) is 5. The molecule has 2 heterocycles. The molecular formula is C25H36N2O5. The zero-order chi connectivity index (χ0) is 22.6. The van der Waals surface area contributed by atoms with Gasteiger partial charge in [-0.15, -0.1) is 0 Å². The van der Waals surface area contributed by atoms with Crippen LogP contribution in [0.15, 0.2) is 24.3 Å². The molecule has 0 radical (unpaired) electrons. The van der Waals surface area contributed by atoms with E-state index in [0.717, 1.165) is 57.2 Å². The fraction of sp³-hybridized carbons (Fsp3) is 0.680. The summed E-state index contributed by atoms with van der Waals surface area (Å²) in [5, 5.41) is 15.8. The van der Waals surface area contributed by atoms with Gasteiger partial charge in [-0.25, -0.2) is 0 Å². The second-order valence-electron chi connectivity index (χ2n) is 9.69. The number of benzene rings is 1. The molecule has 0 aromatic heterocycles. The highest BCUT2D eigenvalue weighted by molar-refractivity contribution is 5.78. The van der Waals surface area contributed by atoms with Crippen molar-refractivity contribution in [1.29, 1.82) is 0 Å². The summed E-state index contributed by atoms with van der Waals surface area (Å²) in [5.41, 5.74) is 1.04. The highest BCUT2D eigenvalue weighted by Gasteiger charge is 2.45. The summed E-state index contributed by atoms with van der Waals surface area (Å²) in [6.07, 6.45) is 7.53. The van der Waals surface area contributed by atoms with E-state index in [1.807, 2.05) is 18.2 Å². The van der Waals surface area contributed by atoms with Crippen molar-refractivity contribution in [2.24, 2.45) is 0 Å². The predicted molar refractivity (Wildman–Crippen MR) is 121 cm³/mol. The van der Waals surface area contributed by atoms with Gasteiger partial charge in [-0.1, -0.05) is 18.2 Å². The standard InChI is InChI=1S/C25H36N2O5/c1-17(15-24(29)30)32-21-6-3-2-5-20(21)18-8-10-19(11-9-18)31-16-22-25(13-14-26-22)12-4-7-23(28)27-25/h2-3,5-6,17-19,22,26H,4,7-16H2,1H3,(H,27,28)(H,29,30). The monoisotopic (exact) mass is 444 g/mol. The maximum Gasteiger partial charge on any atom is 0.307 e. The van der Waals surface area contributed by atoms with Crippen LogP contribution in [0.1, 0.15) is 76.2 Å². The minimum atomic E-state index is -0.848. The summed E-state index contributed by atoms with van der Waals surface area (Å²) in [4.78, 5) is 23.0. The first kappa shape index (κ1) is 23.1. The van der Waals surface area contributed by atoms with Crippen molar-refractivity contribution in [1.82, 2.24) is 10.6 Å². The summed E-state index contributed by atoms with van der Waals surface area (Å²) in [6, 6.07) is 8.20. The summed E-state index contributed by atoms with van der Waals surface area (Å²) >= 11 is 0. The largest absolute Gasteiger partial charge is 0.490 e. The van der Waals surface area contributed by atoms with Gasteiger partial charge in [0.15, 0.2) is 0 Å². The minimum Gasteiger partial charge on any atom is -0.490 e. The average Bonchev–Trinajstić information content (AvgIpc) is 3.13. The maximum atomic E-state index is 12.0. The minimum absolute atomic E-state index is 0.00787. The molecular weight excluding hydrogens is 408 g/mol. The molecule has 3 atom stereocenters. The Morgan fingerprint density at radius 1 is 1.22 bits per heavy atom. The summed E-state index contributed by atoms with van der Waals surface area (Å²) < 4.78 is 12.3. The first-order valence-corrected chi connectivity index (χ1v) is 12.1. The molecule has 2 saturated heterocycles. The highest BCUT2D eigenvalue weighted by Crippen LogP contribution is 2.39. The third kappa shape index (κ3) is 5.44. The van der Waals surface area contributed by atoms with E-state index in [4.69, 9.17) is 14.6 Å². The lowest BCUT2D eigenvalue weighted by molar-refractivity contribution is -0.138. The van der Waals surface area contributed by atoms with Gasteiger partial charge in [-0.3, -0.25) is 9.59 Å². The molecule has 7 heteroatoms. The number of rotatable bonds is 8. The van der Waals surface area contributed by atoms with Crippen molar-refractivity contribution in [3.8, 4) is 5.75 Å². The molecule has 1 spiro atoms. The van der Waals surface area contributed by atoms with Gasteiger partial charge in [-0.05, 0) is 76.0 Å². The molecule has 3 aliphatic rings. The van der Waals surface area contributed by atoms with E-state index in [-0.39, 0.29) is 36.1 Å². The molecule has 1 saturated carbocycles. The third-order valence-corrected chi connectivity index (χ3v) is 7.37. The summed E-state index contributed by atoms with van der Waals surface area (Å²) in [5.74, 6) is 0.524. The average molecular weight is 445 g/mol. The fourth-order valence-electron chi connectivity index (χ4n) is 5.68. The van der Waals surface area contributed by atoms with Crippen molar-refractivity contribution in [2.75, 3.05) is 13.2 Å². The SMILES string of the molecule is CC(CC(=O)O)Oc1ccccc1C1CCC(OCC2NCCC23CCCC(=O)N3)CC1. The topological polar surface area (TPSA) is 96.9 Å². The lowest BCUT2D eigenvalue weighted by Crippen LogP contribution is -2.60. The lowest BCUT2D eigenvalue weighted by atomic mass is 9.81. The molecule has 3 unspecified atom stereocenters. The first-order valence-electron chi connectivity index (χ1n) is 12.1. The van der Waals surface area contributed by atoms with E-state index in [1.165, 1.54) is 5.56 Å². The number of amides is 1. The number of carbonyl (C=O) groups excluding carboxylic acids is 1. The van der Waals surface area contributed by atoms with Crippen molar-refractivity contribution in [3.05, 3.63) is 29.8 Å². The van der Waals surface area contributed by atoms with E-state index in [9.17, 15) is 9.59 Å². The molecule has 0 bridgehead atoms. The van der Waals surface area contributed by atoms with Gasteiger partial charge >= 0.3 is 5.97 Å². The zero-order valence-electron chi connectivity index (χ0n) is 19.0. The smallest absolute Gasteiger partial charge is 0.307 e. The van der Waals surface area contributed by atoms with E-state index in [0.29, 0.717) is 18.9 Å². The number of piperidine rings is 1. The second-order valence-corrected chi connectivity index (χ2v) is 9.69. The molecule has 1 aliphatic carbocycles. The van der Waals surface area contributed by atoms with Crippen molar-refractivity contribution in [2.45, 2.75) is 94.4 Å². The van der Waals surface area contributed by atoms with Crippen LogP contribution in [0.3, 0.4) is 0 Å². The summed E-state index contributed by atoms with van der Waals surface area (Å²) in [7, 11) is 0. The van der Waals surface area contributed by atoms with E-state index < -0.39 is 5.97 Å². The van der Waals surface area contributed by atoms with E-state index >= 15 is 0 Å². The molecule has 176 valence electrons. The lowest BCUT2D eigenvalue weighted by Gasteiger charge is -2.40. The number of carboxylic acids is 1. The first-order chi connectivity index (χ1) is 15.4. The number of hydrogen-bond donors (Lipinski definition) is 3. The molecule has 7 nitrogen and oxygen atoms in total. The van der Waals surface area contributed by atoms with E-state index in [1.54, 1.807) is 6.92 Å². The number of para-hydroxylation sites is 1. The van der Waals surface area contributed by atoms with Crippen molar-refractivity contribution >= 4 is 11.9 Å². The number of aliphatic carboxylic acids is 1. The van der Waals surface area contributed by atoms with Gasteiger partial charge in [0, 0.05) is 6.42 Å². The Balaban J connectivity index is 1.29. The highest BCUT2D eigenvalue weighted by atomic mass is 16.5. The summed E-state index contributed by atoms with van der Waals surface area (Å²) in [6.45, 7) is 3.37. The van der Waals surface area contributed by atoms with Crippen LogP contribution < -0.4 is 15.4 Å². The Hall–Kier alpha value is -2.12. The molecule has 3 N–H and O–H groups in total. The maximum absolute atomic E-state index is 12.0. The molecule has 32 heavy (non-hydrogen) atoms. The molecule has 1 aromatic rings. The van der Waals surface area contributed by atoms with Gasteiger partial charge in [-0.2, -0.15) is 0 Å². The number of nitrogens with one attached hydrogen (secondary N) is 2. The molecule has 1 amide bonds. The Kier molecular flexibility index (Phi) is 7.36. The Morgan fingerprint density at radius 2 is 2.00 bits per heavy atom. The van der Waals surface area contributed by atoms with Crippen LogP contribution in [0.5, 0.6) is 5.75 Å². The van der Waals surface area contributed by atoms with Crippen LogP contribution in [0.4, 0.5) is 0 Å². The fourth-order valence-corrected chi connectivity index (χ4v) is 5.68. The molecule has 4 rings (SSSR count). The quantitative estimate of drug-likeness (QED) is 0.569. The number of carboxylic acid groups (broad SMARTS) is 1. The Labute approximate surface area is 190 Å². The van der Waals surface area contributed by atoms with Crippen LogP contribution >= 0.6 is 0 Å². The molecule has 1 aromatic carbocycles. The van der Waals surface area contributed by atoms with Gasteiger partial charge in [0.1, 0.15) is 11.9 Å². The molecule has 2 aliphatic heterocycles. The molecule has 3 fully saturated rings. The van der Waals surface area contributed by atoms with Gasteiger partial charge < -0.3 is 25.2 Å². The van der Waals surface area contributed by atoms with E-state index in [2.05, 4.69) is 16.7 Å². The van der Waals surface area contributed by atoms with Crippen LogP contribution in [-0.2, 0) is 14.3 Å². The van der Waals surface area contributed by atoms with Crippen molar-refractivity contribution < 1.29 is 24.2 Å². The normalized spacial score (nSPS) is 31.3. The second kappa shape index (κ2) is 10.2. The van der Waals surface area contributed by atoms with Gasteiger partial charge in [0.05, 0.1) is 30.7 Å². The third-order valence-electron chi connectivity index (χ3n) is 7.37. The Bertz CT molecular complexity index is 807. The number of carbonyl (C=O) groups is 2. The van der Waals surface area contributed by atoms with Crippen LogP contribution in [-0.4, -0.2) is 53.9 Å². The Morgan fingerprint density at radius 3 is 2.75 bits per heavy atom. The van der Waals surface area contributed by atoms with Crippen LogP contribution in [0, 0.1) is 0 Å². The van der Waals surface area contributed by atoms with Crippen LogP contribution in [0.2, 0.25) is 0 Å². The van der Waals surface area contributed by atoms with Crippen LogP contribution in [0.25, 0.3) is 0 Å². The number of ether oxygens (including phenoxy) is 2. The van der Waals surface area contributed by atoms with Crippen molar-refractivity contribution in [3.63, 3.8) is 0 Å². The van der Waals surface area contributed by atoms with Gasteiger partial charge in [0.25, 0.3) is 0 Å². The zero-order valence-corrected chi connectivity index (χ0v) is 19.0. The van der Waals surface area contributed by atoms with Gasteiger partial charge in [0.2, 0.25) is 5.91 Å².